The van der Waals surface area contributed by atoms with Crippen molar-refractivity contribution in [2.24, 2.45) is 0 Å². The molecule has 0 saturated heterocycles. The summed E-state index contributed by atoms with van der Waals surface area (Å²) >= 11 is 12.9. The van der Waals surface area contributed by atoms with E-state index >= 15 is 0 Å². The molecule has 2 rings (SSSR count). The van der Waals surface area contributed by atoms with E-state index in [-0.39, 0.29) is 0 Å². The van der Waals surface area contributed by atoms with Crippen LogP contribution in [0.2, 0.25) is 5.02 Å². The maximum Gasteiger partial charge on any atom is 0.0925 e. The Kier molecular flexibility index (Phi) is 4.12. The van der Waals surface area contributed by atoms with E-state index in [1.165, 1.54) is 0 Å². The lowest BCUT2D eigenvalue weighted by Crippen LogP contribution is -2.02. The highest BCUT2D eigenvalue weighted by Gasteiger charge is 2.08. The first-order valence-corrected chi connectivity index (χ1v) is 6.91. The van der Waals surface area contributed by atoms with E-state index < -0.39 is 0 Å². The van der Waals surface area contributed by atoms with Gasteiger partial charge in [-0.25, -0.2) is 4.98 Å². The number of aromatic nitrogens is 2. The smallest absolute Gasteiger partial charge is 0.0925 e. The summed E-state index contributed by atoms with van der Waals surface area (Å²) in [4.78, 5) is 7.28. The number of H-pyrrole nitrogens is 1. The van der Waals surface area contributed by atoms with Crippen LogP contribution in [0.4, 0.5) is 5.69 Å². The summed E-state index contributed by atoms with van der Waals surface area (Å²) in [7, 11) is 0. The van der Waals surface area contributed by atoms with E-state index in [2.05, 4.69) is 47.1 Å². The Balaban J connectivity index is 2.17. The molecule has 0 radical (unpaired) electrons. The molecule has 90 valence electrons. The van der Waals surface area contributed by atoms with Gasteiger partial charge in [0.05, 0.1) is 24.3 Å². The van der Waals surface area contributed by atoms with Gasteiger partial charge >= 0.3 is 0 Å². The minimum absolute atomic E-state index is 0.661. The van der Waals surface area contributed by atoms with Crippen LogP contribution in [-0.4, -0.2) is 9.97 Å². The van der Waals surface area contributed by atoms with Crippen LogP contribution in [0.3, 0.4) is 0 Å². The van der Waals surface area contributed by atoms with Crippen LogP contribution in [0.5, 0.6) is 0 Å². The fourth-order valence-electron chi connectivity index (χ4n) is 1.45. The first-order valence-electron chi connectivity index (χ1n) is 4.95. The Bertz CT molecular complexity index is 516. The van der Waals surface area contributed by atoms with Gasteiger partial charge in [0.1, 0.15) is 0 Å². The summed E-state index contributed by atoms with van der Waals surface area (Å²) in [6.07, 6.45) is 1.69. The van der Waals surface area contributed by atoms with Crippen molar-refractivity contribution in [2.45, 2.75) is 13.5 Å². The van der Waals surface area contributed by atoms with Crippen LogP contribution in [-0.2, 0) is 6.54 Å². The van der Waals surface area contributed by atoms with Gasteiger partial charge in [-0.15, -0.1) is 0 Å². The minimum atomic E-state index is 0.661. The van der Waals surface area contributed by atoms with Gasteiger partial charge in [-0.1, -0.05) is 11.6 Å². The zero-order valence-electron chi connectivity index (χ0n) is 9.02. The Morgan fingerprint density at radius 1 is 1.35 bits per heavy atom. The first-order chi connectivity index (χ1) is 8.08. The summed E-state index contributed by atoms with van der Waals surface area (Å²) in [5.41, 5.74) is 3.04. The molecule has 0 aliphatic rings. The van der Waals surface area contributed by atoms with Crippen LogP contribution in [0.1, 0.15) is 11.4 Å². The van der Waals surface area contributed by atoms with E-state index in [9.17, 15) is 0 Å². The highest BCUT2D eigenvalue weighted by molar-refractivity contribution is 9.11. The average Bonchev–Trinajstić information content (AvgIpc) is 2.62. The molecule has 0 aliphatic heterocycles. The third-order valence-corrected chi connectivity index (χ3v) is 3.84. The average molecular weight is 379 g/mol. The molecule has 0 atom stereocenters. The number of rotatable bonds is 3. The van der Waals surface area contributed by atoms with E-state index in [0.717, 1.165) is 26.0 Å². The van der Waals surface area contributed by atoms with Gasteiger partial charge in [0, 0.05) is 19.7 Å². The third-order valence-electron chi connectivity index (χ3n) is 2.37. The molecular formula is C11H10Br2ClN3. The first kappa shape index (κ1) is 12.9. The molecule has 0 saturated carbocycles. The van der Waals surface area contributed by atoms with E-state index in [1.54, 1.807) is 6.33 Å². The second kappa shape index (κ2) is 5.42. The molecule has 0 aliphatic carbocycles. The number of nitrogens with one attached hydrogen (secondary N) is 2. The zero-order chi connectivity index (χ0) is 12.4. The predicted molar refractivity (Wildman–Crippen MR) is 77.5 cm³/mol. The molecule has 1 aromatic heterocycles. The maximum atomic E-state index is 5.94. The SMILES string of the molecule is Cc1[nH]cnc1CNc1c(Br)cc(Cl)cc1Br. The molecule has 3 nitrogen and oxygen atoms in total. The molecule has 2 aromatic rings. The lowest BCUT2D eigenvalue weighted by molar-refractivity contribution is 1.05. The largest absolute Gasteiger partial charge is 0.377 e. The molecule has 6 heteroatoms. The Hall–Kier alpha value is -0.520. The van der Waals surface area contributed by atoms with Crippen molar-refractivity contribution in [3.63, 3.8) is 0 Å². The van der Waals surface area contributed by atoms with Crippen molar-refractivity contribution in [1.82, 2.24) is 9.97 Å². The van der Waals surface area contributed by atoms with Crippen molar-refractivity contribution < 1.29 is 0 Å². The van der Waals surface area contributed by atoms with Crippen molar-refractivity contribution >= 4 is 49.1 Å². The second-order valence-electron chi connectivity index (χ2n) is 3.57. The highest BCUT2D eigenvalue weighted by Crippen LogP contribution is 2.34. The van der Waals surface area contributed by atoms with E-state index in [0.29, 0.717) is 11.6 Å². The van der Waals surface area contributed by atoms with Gasteiger partial charge in [-0.2, -0.15) is 0 Å². The quantitative estimate of drug-likeness (QED) is 0.824. The van der Waals surface area contributed by atoms with Crippen molar-refractivity contribution in [3.05, 3.63) is 43.8 Å². The number of imidazole rings is 1. The topological polar surface area (TPSA) is 40.7 Å². The molecule has 0 spiro atoms. The number of anilines is 1. The lowest BCUT2D eigenvalue weighted by Gasteiger charge is -2.10. The van der Waals surface area contributed by atoms with Gasteiger partial charge in [0.15, 0.2) is 0 Å². The zero-order valence-corrected chi connectivity index (χ0v) is 12.9. The fraction of sp³-hybridized carbons (Fsp3) is 0.182. The standard InChI is InChI=1S/C11H10Br2ClN3/c1-6-10(17-5-16-6)4-15-11-8(12)2-7(14)3-9(11)13/h2-3,5,15H,4H2,1H3,(H,16,17). The van der Waals surface area contributed by atoms with Crippen molar-refractivity contribution in [2.75, 3.05) is 5.32 Å². The number of halogens is 3. The fourth-order valence-corrected chi connectivity index (χ4v) is 3.40. The Labute approximate surface area is 121 Å². The van der Waals surface area contributed by atoms with E-state index in [1.807, 2.05) is 19.1 Å². The minimum Gasteiger partial charge on any atom is -0.377 e. The normalized spacial score (nSPS) is 10.6. The monoisotopic (exact) mass is 377 g/mol. The van der Waals surface area contributed by atoms with Gasteiger partial charge < -0.3 is 10.3 Å². The number of aromatic amines is 1. The van der Waals surface area contributed by atoms with Crippen molar-refractivity contribution in [1.29, 1.82) is 0 Å². The summed E-state index contributed by atoms with van der Waals surface area (Å²) in [5, 5.41) is 4.00. The molecule has 2 N–H and O–H groups in total. The van der Waals surface area contributed by atoms with Crippen molar-refractivity contribution in [3.8, 4) is 0 Å². The predicted octanol–water partition coefficient (Wildman–Crippen LogP) is 4.51. The molecule has 0 bridgehead atoms. The van der Waals surface area contributed by atoms with Crippen LogP contribution in [0.25, 0.3) is 0 Å². The number of hydrogen-bond donors (Lipinski definition) is 2. The molecule has 1 aromatic carbocycles. The molecule has 1 heterocycles. The Morgan fingerprint density at radius 3 is 2.53 bits per heavy atom. The number of aryl methyl sites for hydroxylation is 1. The van der Waals surface area contributed by atoms with Crippen LogP contribution in [0, 0.1) is 6.92 Å². The lowest BCUT2D eigenvalue weighted by atomic mass is 10.3. The van der Waals surface area contributed by atoms with E-state index in [4.69, 9.17) is 11.6 Å². The van der Waals surface area contributed by atoms with Gasteiger partial charge in [-0.05, 0) is 50.9 Å². The molecular weight excluding hydrogens is 369 g/mol. The number of nitrogens with zero attached hydrogens (tertiary/aromatic N) is 1. The Morgan fingerprint density at radius 2 is 2.00 bits per heavy atom. The summed E-state index contributed by atoms with van der Waals surface area (Å²) < 4.78 is 1.84. The summed E-state index contributed by atoms with van der Waals surface area (Å²) in [6.45, 7) is 2.66. The third kappa shape index (κ3) is 3.03. The van der Waals surface area contributed by atoms with Crippen LogP contribution < -0.4 is 5.32 Å². The number of benzene rings is 1. The summed E-state index contributed by atoms with van der Waals surface area (Å²) in [6, 6.07) is 3.71. The molecule has 17 heavy (non-hydrogen) atoms. The second-order valence-corrected chi connectivity index (χ2v) is 5.72. The maximum absolute atomic E-state index is 5.94. The number of hydrogen-bond acceptors (Lipinski definition) is 2. The molecule has 0 fully saturated rings. The van der Waals surface area contributed by atoms with Gasteiger partial charge in [0.25, 0.3) is 0 Å². The molecule has 0 amide bonds. The van der Waals surface area contributed by atoms with Crippen LogP contribution >= 0.6 is 43.5 Å². The van der Waals surface area contributed by atoms with Gasteiger partial charge in [0.2, 0.25) is 0 Å². The van der Waals surface area contributed by atoms with Crippen LogP contribution in [0.15, 0.2) is 27.4 Å². The molecule has 0 unspecified atom stereocenters. The highest BCUT2D eigenvalue weighted by atomic mass is 79.9. The van der Waals surface area contributed by atoms with Gasteiger partial charge in [-0.3, -0.25) is 0 Å². The summed E-state index contributed by atoms with van der Waals surface area (Å²) in [5.74, 6) is 0.